The van der Waals surface area contributed by atoms with Gasteiger partial charge in [0.1, 0.15) is 11.4 Å². The predicted octanol–water partition coefficient (Wildman–Crippen LogP) is 4.40. The summed E-state index contributed by atoms with van der Waals surface area (Å²) in [7, 11) is 0. The molecule has 4 heteroatoms. The van der Waals surface area contributed by atoms with Crippen molar-refractivity contribution in [2.45, 2.75) is 0 Å². The van der Waals surface area contributed by atoms with Gasteiger partial charge in [-0.1, -0.05) is 29.8 Å². The van der Waals surface area contributed by atoms with E-state index in [9.17, 15) is 5.11 Å². The Labute approximate surface area is 118 Å². The molecule has 0 aliphatic heterocycles. The van der Waals surface area contributed by atoms with Gasteiger partial charge in [-0.25, -0.2) is 0 Å². The van der Waals surface area contributed by atoms with Crippen molar-refractivity contribution in [3.63, 3.8) is 0 Å². The lowest BCUT2D eigenvalue weighted by Crippen LogP contribution is -1.84. The second-order valence-electron chi connectivity index (χ2n) is 3.41. The van der Waals surface area contributed by atoms with Crippen molar-refractivity contribution in [2.75, 3.05) is 0 Å². The summed E-state index contributed by atoms with van der Waals surface area (Å²) in [6.07, 6.45) is 1.73. The molecule has 0 heterocycles. The van der Waals surface area contributed by atoms with Gasteiger partial charge in [0, 0.05) is 26.4 Å². The summed E-state index contributed by atoms with van der Waals surface area (Å²) < 4.78 is 1.11. The van der Waals surface area contributed by atoms with Gasteiger partial charge in [-0.2, -0.15) is 0 Å². The summed E-state index contributed by atoms with van der Waals surface area (Å²) in [5.41, 5.74) is 1.52. The zero-order chi connectivity index (χ0) is 12.3. The first-order valence-electron chi connectivity index (χ1n) is 4.94. The molecule has 2 rings (SSSR count). The van der Waals surface area contributed by atoms with Crippen LogP contribution in [0.3, 0.4) is 0 Å². The number of halogens is 2. The zero-order valence-corrected chi connectivity index (χ0v) is 11.7. The fourth-order valence-electron chi connectivity index (χ4n) is 1.32. The number of phenols is 1. The molecule has 86 valence electrons. The molecule has 0 radical (unpaired) electrons. The Bertz CT molecular complexity index is 569. The minimum Gasteiger partial charge on any atom is -0.506 e. The van der Waals surface area contributed by atoms with E-state index < -0.39 is 0 Å². The second-order valence-corrected chi connectivity index (χ2v) is 5.01. The average molecular weight is 358 g/mol. The van der Waals surface area contributed by atoms with E-state index in [2.05, 4.69) is 27.6 Å². The van der Waals surface area contributed by atoms with Crippen LogP contribution in [0.5, 0.6) is 5.75 Å². The van der Waals surface area contributed by atoms with Crippen molar-refractivity contribution in [2.24, 2.45) is 4.99 Å². The molecule has 0 aliphatic rings. The number of nitrogens with zero attached hydrogens (tertiary/aromatic N) is 1. The fraction of sp³-hybridized carbons (Fsp3) is 0. The van der Waals surface area contributed by atoms with Crippen LogP contribution in [0.15, 0.2) is 47.5 Å². The molecular weight excluding hydrogens is 349 g/mol. The van der Waals surface area contributed by atoms with Gasteiger partial charge in [-0.05, 0) is 40.8 Å². The Morgan fingerprint density at radius 2 is 1.94 bits per heavy atom. The molecule has 0 unspecified atom stereocenters. The van der Waals surface area contributed by atoms with E-state index in [1.165, 1.54) is 6.07 Å². The maximum absolute atomic E-state index is 9.64. The average Bonchev–Trinajstić information content (AvgIpc) is 2.30. The van der Waals surface area contributed by atoms with Crippen LogP contribution in [0.25, 0.3) is 0 Å². The van der Waals surface area contributed by atoms with E-state index in [0.29, 0.717) is 10.7 Å². The summed E-state index contributed by atoms with van der Waals surface area (Å²) in [5.74, 6) is 0.0830. The number of aromatic hydroxyl groups is 1. The van der Waals surface area contributed by atoms with Crippen molar-refractivity contribution < 1.29 is 5.11 Å². The second kappa shape index (κ2) is 5.51. The van der Waals surface area contributed by atoms with E-state index in [1.807, 2.05) is 24.3 Å². The highest BCUT2D eigenvalue weighted by Gasteiger charge is 2.00. The van der Waals surface area contributed by atoms with Crippen LogP contribution >= 0.6 is 34.2 Å². The molecule has 0 aliphatic carbocycles. The zero-order valence-electron chi connectivity index (χ0n) is 8.77. The number of rotatable bonds is 2. The summed E-state index contributed by atoms with van der Waals surface area (Å²) in [4.78, 5) is 4.24. The molecule has 2 aromatic carbocycles. The molecule has 0 saturated carbocycles. The molecular formula is C13H9ClINO. The van der Waals surface area contributed by atoms with E-state index in [4.69, 9.17) is 11.6 Å². The molecule has 0 aromatic heterocycles. The normalized spacial score (nSPS) is 10.9. The van der Waals surface area contributed by atoms with Crippen LogP contribution in [0.4, 0.5) is 5.69 Å². The van der Waals surface area contributed by atoms with Gasteiger partial charge in [0.25, 0.3) is 0 Å². The molecule has 0 saturated heterocycles. The van der Waals surface area contributed by atoms with Crippen molar-refractivity contribution in [1.82, 2.24) is 0 Å². The maximum Gasteiger partial charge on any atom is 0.142 e. The minimum atomic E-state index is 0.0830. The number of benzene rings is 2. The first-order valence-corrected chi connectivity index (χ1v) is 6.39. The van der Waals surface area contributed by atoms with Crippen LogP contribution < -0.4 is 0 Å². The highest BCUT2D eigenvalue weighted by Crippen LogP contribution is 2.29. The third kappa shape index (κ3) is 3.20. The third-order valence-corrected chi connectivity index (χ3v) is 3.40. The summed E-state index contributed by atoms with van der Waals surface area (Å²) in [6.45, 7) is 0. The Morgan fingerprint density at radius 1 is 1.18 bits per heavy atom. The smallest absolute Gasteiger partial charge is 0.142 e. The molecule has 0 bridgehead atoms. The Morgan fingerprint density at radius 3 is 2.65 bits per heavy atom. The number of phenolic OH excluding ortho intramolecular Hbond substituents is 1. The molecule has 0 amide bonds. The number of aliphatic imine (C=N–C) groups is 1. The topological polar surface area (TPSA) is 32.6 Å². The monoisotopic (exact) mass is 357 g/mol. The molecule has 0 spiro atoms. The largest absolute Gasteiger partial charge is 0.506 e. The molecule has 0 atom stereocenters. The van der Waals surface area contributed by atoms with Gasteiger partial charge in [-0.15, -0.1) is 0 Å². The van der Waals surface area contributed by atoms with Crippen molar-refractivity contribution in [1.29, 1.82) is 0 Å². The van der Waals surface area contributed by atoms with Crippen LogP contribution in [-0.4, -0.2) is 11.3 Å². The van der Waals surface area contributed by atoms with Gasteiger partial charge in [0.2, 0.25) is 0 Å². The summed E-state index contributed by atoms with van der Waals surface area (Å²) >= 11 is 7.99. The lowest BCUT2D eigenvalue weighted by Gasteiger charge is -2.00. The predicted molar refractivity (Wildman–Crippen MR) is 79.5 cm³/mol. The van der Waals surface area contributed by atoms with Gasteiger partial charge in [0.15, 0.2) is 0 Å². The van der Waals surface area contributed by atoms with E-state index in [0.717, 1.165) is 9.13 Å². The van der Waals surface area contributed by atoms with E-state index in [-0.39, 0.29) is 5.75 Å². The molecule has 1 N–H and O–H groups in total. The fourth-order valence-corrected chi connectivity index (χ4v) is 2.02. The van der Waals surface area contributed by atoms with Gasteiger partial charge < -0.3 is 5.11 Å². The van der Waals surface area contributed by atoms with Crippen LogP contribution in [-0.2, 0) is 0 Å². The molecule has 0 fully saturated rings. The SMILES string of the molecule is Oc1cc(Cl)ccc1N=Cc1ccccc1I. The number of hydrogen-bond donors (Lipinski definition) is 1. The minimum absolute atomic E-state index is 0.0830. The Balaban J connectivity index is 2.29. The Hall–Kier alpha value is -1.07. The van der Waals surface area contributed by atoms with Crippen LogP contribution in [0.2, 0.25) is 5.02 Å². The number of hydrogen-bond acceptors (Lipinski definition) is 2. The van der Waals surface area contributed by atoms with Crippen molar-refractivity contribution >= 4 is 46.1 Å². The highest BCUT2D eigenvalue weighted by molar-refractivity contribution is 14.1. The van der Waals surface area contributed by atoms with Crippen LogP contribution in [0.1, 0.15) is 5.56 Å². The highest BCUT2D eigenvalue weighted by atomic mass is 127. The van der Waals surface area contributed by atoms with E-state index in [1.54, 1.807) is 18.3 Å². The summed E-state index contributed by atoms with van der Waals surface area (Å²) in [6, 6.07) is 12.8. The van der Waals surface area contributed by atoms with Gasteiger partial charge >= 0.3 is 0 Å². The lowest BCUT2D eigenvalue weighted by atomic mass is 10.2. The first-order chi connectivity index (χ1) is 8.16. The molecule has 17 heavy (non-hydrogen) atoms. The van der Waals surface area contributed by atoms with Crippen molar-refractivity contribution in [3.05, 3.63) is 56.6 Å². The standard InChI is InChI=1S/C13H9ClINO/c14-10-5-6-12(13(17)7-10)16-8-9-3-1-2-4-11(9)15/h1-8,17H. The van der Waals surface area contributed by atoms with Gasteiger partial charge in [-0.3, -0.25) is 4.99 Å². The third-order valence-electron chi connectivity index (χ3n) is 2.19. The first kappa shape index (κ1) is 12.4. The lowest BCUT2D eigenvalue weighted by molar-refractivity contribution is 0.477. The molecule has 2 aromatic rings. The maximum atomic E-state index is 9.64. The summed E-state index contributed by atoms with van der Waals surface area (Å²) in [5, 5.41) is 10.1. The Kier molecular flexibility index (Phi) is 4.02. The van der Waals surface area contributed by atoms with Gasteiger partial charge in [0.05, 0.1) is 0 Å². The van der Waals surface area contributed by atoms with E-state index >= 15 is 0 Å². The quantitative estimate of drug-likeness (QED) is 0.627. The molecule has 2 nitrogen and oxygen atoms in total. The van der Waals surface area contributed by atoms with Crippen molar-refractivity contribution in [3.8, 4) is 5.75 Å². The van der Waals surface area contributed by atoms with Crippen LogP contribution in [0, 0.1) is 3.57 Å².